The Labute approximate surface area is 86.4 Å². The van der Waals surface area contributed by atoms with E-state index in [2.05, 4.69) is 0 Å². The van der Waals surface area contributed by atoms with Crippen LogP contribution >= 0.6 is 0 Å². The van der Waals surface area contributed by atoms with Crippen molar-refractivity contribution < 1.29 is 19.7 Å². The molecule has 2 N–H and O–H groups in total. The number of carbonyl (C=O) groups excluding carboxylic acids is 1. The molecule has 4 heteroatoms. The molecule has 1 heterocycles. The Morgan fingerprint density at radius 1 is 1.27 bits per heavy atom. The van der Waals surface area contributed by atoms with Gasteiger partial charge in [-0.15, -0.1) is 0 Å². The highest BCUT2D eigenvalue weighted by Gasteiger charge is 2.18. The summed E-state index contributed by atoms with van der Waals surface area (Å²) < 4.78 is 5.05. The van der Waals surface area contributed by atoms with Crippen LogP contribution in [-0.4, -0.2) is 16.2 Å². The second kappa shape index (κ2) is 3.65. The van der Waals surface area contributed by atoms with E-state index >= 15 is 0 Å². The van der Waals surface area contributed by atoms with E-state index in [0.717, 1.165) is 0 Å². The van der Waals surface area contributed by atoms with Gasteiger partial charge in [-0.3, -0.25) is 0 Å². The van der Waals surface area contributed by atoms with Crippen molar-refractivity contribution in [3.8, 4) is 11.5 Å². The molecule has 0 aliphatic carbocycles. The number of cyclic esters (lactones) is 1. The summed E-state index contributed by atoms with van der Waals surface area (Å²) in [5.41, 5.74) is 0.669. The molecule has 0 radical (unpaired) electrons. The molecule has 0 aromatic heterocycles. The highest BCUT2D eigenvalue weighted by Crippen LogP contribution is 2.31. The summed E-state index contributed by atoms with van der Waals surface area (Å²) in [4.78, 5) is 11.0. The lowest BCUT2D eigenvalue weighted by Gasteiger charge is -2.19. The summed E-state index contributed by atoms with van der Waals surface area (Å²) in [5.74, 6) is -0.784. The third-order valence-electron chi connectivity index (χ3n) is 2.23. The Bertz CT molecular complexity index is 423. The fourth-order valence-electron chi connectivity index (χ4n) is 1.46. The van der Waals surface area contributed by atoms with E-state index in [9.17, 15) is 9.90 Å². The van der Waals surface area contributed by atoms with Crippen molar-refractivity contribution in [3.05, 3.63) is 35.9 Å². The summed E-state index contributed by atoms with van der Waals surface area (Å²) >= 11 is 0. The number of carbonyl (C=O) groups is 1. The van der Waals surface area contributed by atoms with Crippen molar-refractivity contribution in [1.29, 1.82) is 0 Å². The fourth-order valence-corrected chi connectivity index (χ4v) is 1.46. The highest BCUT2D eigenvalue weighted by molar-refractivity contribution is 5.82. The molecular weight excluding hydrogens is 196 g/mol. The van der Waals surface area contributed by atoms with Gasteiger partial charge in [-0.05, 0) is 17.7 Å². The number of phenols is 2. The first-order chi connectivity index (χ1) is 7.16. The van der Waals surface area contributed by atoms with Crippen LogP contribution < -0.4 is 0 Å². The second-order valence-corrected chi connectivity index (χ2v) is 3.31. The summed E-state index contributed by atoms with van der Waals surface area (Å²) in [6, 6.07) is 4.38. The molecule has 0 spiro atoms. The number of hydrogen-bond acceptors (Lipinski definition) is 4. The molecule has 0 saturated carbocycles. The smallest absolute Gasteiger partial charge is 0.331 e. The normalized spacial score (nSPS) is 20.0. The molecule has 1 aromatic rings. The van der Waals surface area contributed by atoms with Gasteiger partial charge in [0.25, 0.3) is 0 Å². The van der Waals surface area contributed by atoms with Crippen LogP contribution in [0.2, 0.25) is 0 Å². The molecule has 1 atom stereocenters. The van der Waals surface area contributed by atoms with Crippen molar-refractivity contribution in [2.24, 2.45) is 0 Å². The predicted molar refractivity (Wildman–Crippen MR) is 52.4 cm³/mol. The number of ether oxygens (including phenoxy) is 1. The van der Waals surface area contributed by atoms with E-state index in [0.29, 0.717) is 12.0 Å². The number of rotatable bonds is 1. The lowest BCUT2D eigenvalue weighted by Crippen LogP contribution is -2.12. The Balaban J connectivity index is 2.26. The monoisotopic (exact) mass is 206 g/mol. The molecular formula is C11H10O4. The topological polar surface area (TPSA) is 66.8 Å². The standard InChI is InChI=1S/C11H10O4/c12-8-5-4-7(6-9(8)13)10-2-1-3-11(14)15-10/h1,3-6,10,12-13H,2H2/t10-/m0/s1. The minimum Gasteiger partial charge on any atom is -0.504 e. The summed E-state index contributed by atoms with van der Waals surface area (Å²) in [6.07, 6.45) is 3.29. The Morgan fingerprint density at radius 2 is 2.07 bits per heavy atom. The first-order valence-electron chi connectivity index (χ1n) is 4.56. The molecule has 0 unspecified atom stereocenters. The minimum absolute atomic E-state index is 0.184. The van der Waals surface area contributed by atoms with Gasteiger partial charge in [0.2, 0.25) is 0 Å². The first kappa shape index (κ1) is 9.58. The number of esters is 1. The van der Waals surface area contributed by atoms with Crippen molar-refractivity contribution in [2.75, 3.05) is 0 Å². The van der Waals surface area contributed by atoms with Crippen molar-refractivity contribution in [3.63, 3.8) is 0 Å². The van der Waals surface area contributed by atoms with Crippen molar-refractivity contribution >= 4 is 5.97 Å². The fraction of sp³-hybridized carbons (Fsp3) is 0.182. The zero-order chi connectivity index (χ0) is 10.8. The maximum absolute atomic E-state index is 11.0. The maximum atomic E-state index is 11.0. The summed E-state index contributed by atoms with van der Waals surface area (Å²) in [6.45, 7) is 0. The van der Waals surface area contributed by atoms with E-state index in [4.69, 9.17) is 9.84 Å². The van der Waals surface area contributed by atoms with Crippen LogP contribution in [0.15, 0.2) is 30.4 Å². The van der Waals surface area contributed by atoms with Crippen LogP contribution in [0.1, 0.15) is 18.1 Å². The van der Waals surface area contributed by atoms with Gasteiger partial charge in [0, 0.05) is 12.5 Å². The number of phenolic OH excluding ortho intramolecular Hbond substituents is 2. The number of hydrogen-bond donors (Lipinski definition) is 2. The Hall–Kier alpha value is -1.97. The quantitative estimate of drug-likeness (QED) is 0.541. The molecule has 15 heavy (non-hydrogen) atoms. The van der Waals surface area contributed by atoms with Gasteiger partial charge in [0.05, 0.1) is 0 Å². The third-order valence-corrected chi connectivity index (χ3v) is 2.23. The molecule has 0 amide bonds. The van der Waals surface area contributed by atoms with E-state index in [1.807, 2.05) is 0 Å². The van der Waals surface area contributed by atoms with Gasteiger partial charge in [-0.2, -0.15) is 0 Å². The number of aromatic hydroxyl groups is 2. The van der Waals surface area contributed by atoms with Crippen molar-refractivity contribution in [1.82, 2.24) is 0 Å². The van der Waals surface area contributed by atoms with E-state index in [1.54, 1.807) is 12.1 Å². The molecule has 78 valence electrons. The first-order valence-corrected chi connectivity index (χ1v) is 4.56. The molecule has 2 rings (SSSR count). The van der Waals surface area contributed by atoms with E-state index in [-0.39, 0.29) is 23.6 Å². The lowest BCUT2D eigenvalue weighted by molar-refractivity contribution is -0.144. The van der Waals surface area contributed by atoms with Gasteiger partial charge >= 0.3 is 5.97 Å². The largest absolute Gasteiger partial charge is 0.504 e. The van der Waals surface area contributed by atoms with Gasteiger partial charge in [-0.25, -0.2) is 4.79 Å². The van der Waals surface area contributed by atoms with Crippen LogP contribution in [0, 0.1) is 0 Å². The lowest BCUT2D eigenvalue weighted by atomic mass is 10.0. The summed E-state index contributed by atoms with van der Waals surface area (Å²) in [7, 11) is 0. The van der Waals surface area contributed by atoms with E-state index < -0.39 is 0 Å². The van der Waals surface area contributed by atoms with Crippen LogP contribution in [0.3, 0.4) is 0 Å². The van der Waals surface area contributed by atoms with Crippen LogP contribution in [0.25, 0.3) is 0 Å². The predicted octanol–water partition coefficient (Wildman–Crippen LogP) is 1.64. The van der Waals surface area contributed by atoms with Crippen LogP contribution in [-0.2, 0) is 9.53 Å². The van der Waals surface area contributed by atoms with Crippen molar-refractivity contribution in [2.45, 2.75) is 12.5 Å². The zero-order valence-corrected chi connectivity index (χ0v) is 7.88. The van der Waals surface area contributed by atoms with Gasteiger partial charge in [0.1, 0.15) is 6.10 Å². The molecule has 1 aliphatic rings. The molecule has 0 fully saturated rings. The second-order valence-electron chi connectivity index (χ2n) is 3.31. The van der Waals surface area contributed by atoms with Gasteiger partial charge in [0.15, 0.2) is 11.5 Å². The minimum atomic E-state index is -0.390. The molecule has 0 saturated heterocycles. The van der Waals surface area contributed by atoms with Gasteiger partial charge in [-0.1, -0.05) is 12.1 Å². The molecule has 1 aromatic carbocycles. The Morgan fingerprint density at radius 3 is 2.73 bits per heavy atom. The zero-order valence-electron chi connectivity index (χ0n) is 7.88. The average Bonchev–Trinajstić information content (AvgIpc) is 2.22. The third kappa shape index (κ3) is 1.93. The SMILES string of the molecule is O=C1C=CC[C@@H](c2ccc(O)c(O)c2)O1. The van der Waals surface area contributed by atoms with Crippen LogP contribution in [0.5, 0.6) is 11.5 Å². The summed E-state index contributed by atoms with van der Waals surface area (Å²) in [5, 5.41) is 18.4. The number of benzene rings is 1. The van der Waals surface area contributed by atoms with E-state index in [1.165, 1.54) is 18.2 Å². The Kier molecular flexibility index (Phi) is 2.33. The van der Waals surface area contributed by atoms with Gasteiger partial charge < -0.3 is 14.9 Å². The highest BCUT2D eigenvalue weighted by atomic mass is 16.5. The maximum Gasteiger partial charge on any atom is 0.331 e. The molecule has 0 bridgehead atoms. The molecule has 4 nitrogen and oxygen atoms in total. The van der Waals surface area contributed by atoms with Crippen LogP contribution in [0.4, 0.5) is 0 Å². The molecule has 1 aliphatic heterocycles. The average molecular weight is 206 g/mol.